The number of hydrogen-bond donors (Lipinski definition) is 6. The van der Waals surface area contributed by atoms with E-state index in [1.54, 1.807) is 0 Å². The van der Waals surface area contributed by atoms with Crippen molar-refractivity contribution in [2.24, 2.45) is 11.8 Å². The minimum atomic E-state index is -2.26. The summed E-state index contributed by atoms with van der Waals surface area (Å²) in [4.78, 5) is 79.8. The van der Waals surface area contributed by atoms with E-state index in [1.165, 1.54) is 52.0 Å². The second-order valence-electron chi connectivity index (χ2n) is 16.0. The van der Waals surface area contributed by atoms with Crippen molar-refractivity contribution in [1.29, 1.82) is 0 Å². The Labute approximate surface area is 306 Å². The van der Waals surface area contributed by atoms with Gasteiger partial charge in [0.1, 0.15) is 35.9 Å². The number of fused-ring (bicyclic) bond motifs is 2. The van der Waals surface area contributed by atoms with Gasteiger partial charge in [-0.2, -0.15) is 0 Å². The van der Waals surface area contributed by atoms with Crippen LogP contribution in [0.1, 0.15) is 98.4 Å². The molecule has 0 aromatic heterocycles. The molecule has 0 radical (unpaired) electrons. The molecule has 6 aliphatic rings. The first-order valence-electron chi connectivity index (χ1n) is 17.4. The van der Waals surface area contributed by atoms with Crippen LogP contribution in [-0.2, 0) is 38.1 Å². The number of phenolic OH excluding ortho intramolecular Hbond substituents is 2. The van der Waals surface area contributed by atoms with E-state index in [-0.39, 0.29) is 22.3 Å². The molecule has 4 fully saturated rings. The fourth-order valence-electron chi connectivity index (χ4n) is 10.9. The molecule has 286 valence electrons. The number of ketones is 4. The first kappa shape index (κ1) is 36.4. The number of Topliss-reactive ketones (excluding diaryl/α,β-unsaturated/α-hetero) is 4. The van der Waals surface area contributed by atoms with Crippen LogP contribution in [0.4, 0.5) is 0 Å². The van der Waals surface area contributed by atoms with Gasteiger partial charge in [-0.15, -0.1) is 0 Å². The molecule has 2 saturated heterocycles. The van der Waals surface area contributed by atoms with Gasteiger partial charge in [-0.05, 0) is 39.8 Å². The van der Waals surface area contributed by atoms with Crippen molar-refractivity contribution in [2.75, 3.05) is 0 Å². The summed E-state index contributed by atoms with van der Waals surface area (Å²) in [6.07, 6.45) is -7.48. The number of rotatable bonds is 5. The maximum Gasteiger partial charge on any atom is 0.302 e. The SMILES string of the molecule is CC(=O)O[C@H](C)[C@@H]1C23OC2(C(=O)C[C@]1(C)O)[C@H](O)c1c(ccc(-c2ccc4c(c2O)[C@@H](O)C25OC2(C4=O)[C@@H]([C@@H](C)OC(C)=O)[C@@](C)(O)CC5=O)c1O)C3=O. The second-order valence-corrected chi connectivity index (χ2v) is 16.0. The number of carbonyl (C=O) groups is 6. The van der Waals surface area contributed by atoms with Gasteiger partial charge in [-0.3, -0.25) is 28.8 Å². The number of hydrogen-bond acceptors (Lipinski definition) is 16. The topological polar surface area (TPSA) is 267 Å². The number of aromatic hydroxyl groups is 2. The Balaban J connectivity index is 1.24. The van der Waals surface area contributed by atoms with Gasteiger partial charge in [0.25, 0.3) is 0 Å². The Morgan fingerprint density at radius 2 is 0.963 bits per heavy atom. The Morgan fingerprint density at radius 1 is 0.648 bits per heavy atom. The van der Waals surface area contributed by atoms with E-state index >= 15 is 0 Å². The number of carbonyl (C=O) groups excluding carboxylic acids is 6. The van der Waals surface area contributed by atoms with E-state index in [9.17, 15) is 59.4 Å². The van der Waals surface area contributed by atoms with Gasteiger partial charge < -0.3 is 49.6 Å². The number of aliphatic hydroxyl groups is 4. The molecule has 2 aromatic rings. The first-order valence-corrected chi connectivity index (χ1v) is 17.4. The van der Waals surface area contributed by atoms with Crippen LogP contribution in [0.25, 0.3) is 11.1 Å². The molecule has 6 N–H and O–H groups in total. The van der Waals surface area contributed by atoms with Gasteiger partial charge in [0.05, 0.1) is 23.0 Å². The summed E-state index contributed by atoms with van der Waals surface area (Å²) in [5.74, 6) is -9.02. The molecule has 0 spiro atoms. The van der Waals surface area contributed by atoms with Gasteiger partial charge in [0.2, 0.25) is 0 Å². The molecule has 0 amide bonds. The number of phenols is 2. The van der Waals surface area contributed by atoms with Crippen molar-refractivity contribution in [1.82, 2.24) is 0 Å². The third-order valence-corrected chi connectivity index (χ3v) is 12.6. The van der Waals surface area contributed by atoms with Crippen LogP contribution in [-0.4, -0.2) is 112 Å². The van der Waals surface area contributed by atoms with Crippen molar-refractivity contribution >= 4 is 35.1 Å². The summed E-state index contributed by atoms with van der Waals surface area (Å²) < 4.78 is 22.5. The van der Waals surface area contributed by atoms with E-state index in [4.69, 9.17) is 18.9 Å². The zero-order valence-electron chi connectivity index (χ0n) is 30.0. The van der Waals surface area contributed by atoms with Crippen LogP contribution in [0.3, 0.4) is 0 Å². The highest BCUT2D eigenvalue weighted by molar-refractivity contribution is 6.18. The lowest BCUT2D eigenvalue weighted by Crippen LogP contribution is -2.65. The maximum atomic E-state index is 14.3. The molecule has 4 aliphatic carbocycles. The first-order chi connectivity index (χ1) is 25.0. The van der Waals surface area contributed by atoms with Crippen LogP contribution in [0.2, 0.25) is 0 Å². The molecule has 16 heteroatoms. The Kier molecular flexibility index (Phi) is 7.13. The van der Waals surface area contributed by atoms with Crippen LogP contribution < -0.4 is 0 Å². The van der Waals surface area contributed by atoms with Gasteiger partial charge in [0.15, 0.2) is 45.5 Å². The predicted molar refractivity (Wildman–Crippen MR) is 177 cm³/mol. The van der Waals surface area contributed by atoms with Gasteiger partial charge in [-0.1, -0.05) is 12.1 Å². The number of epoxide rings is 2. The number of aliphatic hydroxyl groups excluding tert-OH is 2. The number of esters is 2. The predicted octanol–water partition coefficient (Wildman–Crippen LogP) is 0.823. The summed E-state index contributed by atoms with van der Waals surface area (Å²) in [5, 5.41) is 70.0. The monoisotopic (exact) mass is 750 g/mol. The zero-order valence-corrected chi connectivity index (χ0v) is 30.0. The molecule has 0 bridgehead atoms. The summed E-state index contributed by atoms with van der Waals surface area (Å²) in [6, 6.07) is 4.85. The molecule has 4 unspecified atom stereocenters. The highest BCUT2D eigenvalue weighted by Crippen LogP contribution is 2.73. The lowest BCUT2D eigenvalue weighted by Gasteiger charge is -2.46. The van der Waals surface area contributed by atoms with E-state index in [2.05, 4.69) is 0 Å². The average molecular weight is 751 g/mol. The van der Waals surface area contributed by atoms with Crippen LogP contribution in [0, 0.1) is 11.8 Å². The molecule has 2 aromatic carbocycles. The van der Waals surface area contributed by atoms with Gasteiger partial charge in [0, 0.05) is 60.1 Å². The summed E-state index contributed by atoms with van der Waals surface area (Å²) in [7, 11) is 0. The minimum absolute atomic E-state index is 0.213. The third-order valence-electron chi connectivity index (χ3n) is 12.6. The van der Waals surface area contributed by atoms with Crippen LogP contribution in [0.5, 0.6) is 11.5 Å². The smallest absolute Gasteiger partial charge is 0.302 e. The highest BCUT2D eigenvalue weighted by Gasteiger charge is 2.92. The Hall–Kier alpha value is -4.58. The average Bonchev–Trinajstić information content (AvgIpc) is 3.94. The fourth-order valence-corrected chi connectivity index (χ4v) is 10.9. The standard InChI is InChI=1S/C38H38O16/c1-13(51-15(3)39)27-33(5,49)11-21(41)35-31(47)23-19(29(45)37(27,35)53-35)9-7-17(25(23)43)18-8-10-20-24(26(18)44)32(48)36-22(42)12-34(6,50)28(14(2)52-16(4)40)38(36,54-36)30(20)46/h7-10,13-14,27-28,31-32,43-44,47-50H,11-12H2,1-6H3/t13-,14-,27+,28+,31-,32-,33+,34+,35?,36?,37?,38?/m1/s1. The highest BCUT2D eigenvalue weighted by atomic mass is 16.7. The van der Waals surface area contributed by atoms with Crippen LogP contribution in [0.15, 0.2) is 24.3 Å². The van der Waals surface area contributed by atoms with Crippen molar-refractivity contribution in [3.63, 3.8) is 0 Å². The molecule has 16 nitrogen and oxygen atoms in total. The third kappa shape index (κ3) is 3.92. The molecular formula is C38H38O16. The van der Waals surface area contributed by atoms with Crippen LogP contribution >= 0.6 is 0 Å². The number of ether oxygens (including phenoxy) is 4. The second kappa shape index (κ2) is 10.6. The lowest BCUT2D eigenvalue weighted by molar-refractivity contribution is -0.164. The lowest BCUT2D eigenvalue weighted by atomic mass is 9.55. The molecule has 2 heterocycles. The molecular weight excluding hydrogens is 712 g/mol. The van der Waals surface area contributed by atoms with Crippen molar-refractivity contribution in [3.05, 3.63) is 46.5 Å². The molecule has 2 saturated carbocycles. The number of benzene rings is 2. The van der Waals surface area contributed by atoms with Gasteiger partial charge in [-0.25, -0.2) is 0 Å². The molecule has 54 heavy (non-hydrogen) atoms. The van der Waals surface area contributed by atoms with Crippen molar-refractivity contribution in [3.8, 4) is 22.6 Å². The fraction of sp³-hybridized carbons (Fsp3) is 0.526. The summed E-state index contributed by atoms with van der Waals surface area (Å²) in [5.41, 5.74) is -14.5. The summed E-state index contributed by atoms with van der Waals surface area (Å²) in [6.45, 7) is 7.69. The Morgan fingerprint density at radius 3 is 1.28 bits per heavy atom. The quantitative estimate of drug-likeness (QED) is 0.182. The van der Waals surface area contributed by atoms with E-state index in [0.29, 0.717) is 0 Å². The molecule has 12 atom stereocenters. The van der Waals surface area contributed by atoms with E-state index in [1.807, 2.05) is 0 Å². The normalized spacial score (nSPS) is 40.9. The molecule has 8 rings (SSSR count). The van der Waals surface area contributed by atoms with E-state index in [0.717, 1.165) is 13.8 Å². The zero-order chi connectivity index (χ0) is 39.6. The largest absolute Gasteiger partial charge is 0.507 e. The maximum absolute atomic E-state index is 14.3. The van der Waals surface area contributed by atoms with Gasteiger partial charge >= 0.3 is 11.9 Å². The molecule has 2 aliphatic heterocycles. The van der Waals surface area contributed by atoms with Crippen molar-refractivity contribution in [2.45, 2.75) is 112 Å². The summed E-state index contributed by atoms with van der Waals surface area (Å²) >= 11 is 0. The minimum Gasteiger partial charge on any atom is -0.507 e. The Bertz CT molecular complexity index is 2020. The van der Waals surface area contributed by atoms with E-state index < -0.39 is 140 Å². The van der Waals surface area contributed by atoms with Crippen molar-refractivity contribution < 1.29 is 78.4 Å².